The molecule has 0 saturated carbocycles. The number of amides is 1. The highest BCUT2D eigenvalue weighted by atomic mass is 16.5. The van der Waals surface area contributed by atoms with Gasteiger partial charge in [0.05, 0.1) is 12.3 Å². The lowest BCUT2D eigenvalue weighted by Gasteiger charge is -2.17. The first-order valence-corrected chi connectivity index (χ1v) is 7.78. The number of nitrogens with one attached hydrogen (secondary N) is 1. The number of anilines is 1. The fourth-order valence-electron chi connectivity index (χ4n) is 2.26. The van der Waals surface area contributed by atoms with Crippen LogP contribution in [0.25, 0.3) is 0 Å². The highest BCUT2D eigenvalue weighted by Crippen LogP contribution is 2.25. The maximum absolute atomic E-state index is 12.4. The molecule has 2 aromatic rings. The van der Waals surface area contributed by atoms with E-state index in [-0.39, 0.29) is 5.91 Å². The number of carbonyl (C=O) groups excluding carboxylic acids is 1. The number of hydrogen-bond acceptors (Lipinski definition) is 3. The largest absolute Gasteiger partial charge is 0.492 e. The Morgan fingerprint density at radius 1 is 1.13 bits per heavy atom. The Kier molecular flexibility index (Phi) is 5.63. The molecule has 0 fully saturated rings. The third kappa shape index (κ3) is 4.49. The fourth-order valence-corrected chi connectivity index (χ4v) is 2.26. The van der Waals surface area contributed by atoms with Gasteiger partial charge in [0.25, 0.3) is 5.91 Å². The zero-order valence-electron chi connectivity index (χ0n) is 14.1. The van der Waals surface area contributed by atoms with E-state index in [0.29, 0.717) is 18.0 Å². The molecule has 0 aliphatic heterocycles. The van der Waals surface area contributed by atoms with Gasteiger partial charge in [0, 0.05) is 0 Å². The monoisotopic (exact) mass is 313 g/mol. The zero-order chi connectivity index (χ0) is 16.8. The van der Waals surface area contributed by atoms with Crippen LogP contribution in [0.15, 0.2) is 42.5 Å². The van der Waals surface area contributed by atoms with Crippen molar-refractivity contribution in [1.82, 2.24) is 0 Å². The topological polar surface area (TPSA) is 47.6 Å². The van der Waals surface area contributed by atoms with Crippen LogP contribution in [-0.4, -0.2) is 18.6 Å². The molecule has 4 nitrogen and oxygen atoms in total. The van der Waals surface area contributed by atoms with E-state index in [2.05, 4.69) is 5.32 Å². The average Bonchev–Trinajstić information content (AvgIpc) is 2.52. The van der Waals surface area contributed by atoms with E-state index in [4.69, 9.17) is 9.47 Å². The van der Waals surface area contributed by atoms with Crippen LogP contribution in [-0.2, 0) is 4.79 Å². The normalized spacial score (nSPS) is 11.7. The first kappa shape index (κ1) is 16.9. The van der Waals surface area contributed by atoms with E-state index in [1.54, 1.807) is 6.92 Å². The standard InChI is InChI=1S/C19H23NO3/c1-5-22-18-9-7-6-8-16(18)20-19(21)15(4)23-17-11-10-13(2)12-14(17)3/h6-12,15H,5H2,1-4H3,(H,20,21)/t15-/m0/s1. The van der Waals surface area contributed by atoms with Crippen molar-refractivity contribution in [3.05, 3.63) is 53.6 Å². The smallest absolute Gasteiger partial charge is 0.265 e. The van der Waals surface area contributed by atoms with Crippen molar-refractivity contribution < 1.29 is 14.3 Å². The highest BCUT2D eigenvalue weighted by molar-refractivity contribution is 5.95. The molecule has 4 heteroatoms. The predicted octanol–water partition coefficient (Wildman–Crippen LogP) is 4.11. The molecule has 0 unspecified atom stereocenters. The van der Waals surface area contributed by atoms with Gasteiger partial charge in [-0.05, 0) is 51.5 Å². The Morgan fingerprint density at radius 3 is 2.57 bits per heavy atom. The molecule has 1 amide bonds. The number of para-hydroxylation sites is 2. The maximum atomic E-state index is 12.4. The molecule has 0 heterocycles. The van der Waals surface area contributed by atoms with Gasteiger partial charge in [0.1, 0.15) is 11.5 Å². The van der Waals surface area contributed by atoms with Gasteiger partial charge in [0.15, 0.2) is 6.10 Å². The summed E-state index contributed by atoms with van der Waals surface area (Å²) in [7, 11) is 0. The molecule has 0 bridgehead atoms. The summed E-state index contributed by atoms with van der Waals surface area (Å²) < 4.78 is 11.3. The first-order valence-electron chi connectivity index (χ1n) is 7.78. The van der Waals surface area contributed by atoms with Crippen LogP contribution in [0.4, 0.5) is 5.69 Å². The number of rotatable bonds is 6. The van der Waals surface area contributed by atoms with Crippen molar-refractivity contribution in [1.29, 1.82) is 0 Å². The maximum Gasteiger partial charge on any atom is 0.265 e. The molecule has 0 aromatic heterocycles. The molecule has 122 valence electrons. The summed E-state index contributed by atoms with van der Waals surface area (Å²) in [5, 5.41) is 2.86. The molecular formula is C19H23NO3. The van der Waals surface area contributed by atoms with Crippen molar-refractivity contribution in [3.8, 4) is 11.5 Å². The molecule has 0 radical (unpaired) electrons. The molecular weight excluding hydrogens is 290 g/mol. The van der Waals surface area contributed by atoms with Gasteiger partial charge in [-0.2, -0.15) is 0 Å². The van der Waals surface area contributed by atoms with E-state index >= 15 is 0 Å². The molecule has 0 saturated heterocycles. The van der Waals surface area contributed by atoms with Crippen molar-refractivity contribution in [2.24, 2.45) is 0 Å². The lowest BCUT2D eigenvalue weighted by molar-refractivity contribution is -0.122. The minimum absolute atomic E-state index is 0.211. The van der Waals surface area contributed by atoms with Gasteiger partial charge in [0.2, 0.25) is 0 Å². The molecule has 1 N–H and O–H groups in total. The van der Waals surface area contributed by atoms with Crippen LogP contribution in [0.3, 0.4) is 0 Å². The number of aryl methyl sites for hydroxylation is 2. The molecule has 0 aliphatic rings. The van der Waals surface area contributed by atoms with E-state index in [1.807, 2.05) is 63.2 Å². The van der Waals surface area contributed by atoms with Crippen LogP contribution >= 0.6 is 0 Å². The molecule has 23 heavy (non-hydrogen) atoms. The number of benzene rings is 2. The zero-order valence-corrected chi connectivity index (χ0v) is 14.1. The molecule has 1 atom stereocenters. The summed E-state index contributed by atoms with van der Waals surface area (Å²) in [4.78, 5) is 12.4. The Bertz CT molecular complexity index is 682. The SMILES string of the molecule is CCOc1ccccc1NC(=O)[C@H](C)Oc1ccc(C)cc1C. The second kappa shape index (κ2) is 7.68. The van der Waals surface area contributed by atoms with Crippen molar-refractivity contribution in [2.75, 3.05) is 11.9 Å². The van der Waals surface area contributed by atoms with Crippen LogP contribution in [0, 0.1) is 13.8 Å². The quantitative estimate of drug-likeness (QED) is 0.873. The van der Waals surface area contributed by atoms with Gasteiger partial charge in [-0.3, -0.25) is 4.79 Å². The summed E-state index contributed by atoms with van der Waals surface area (Å²) in [6.45, 7) is 8.18. The van der Waals surface area contributed by atoms with E-state index in [9.17, 15) is 4.79 Å². The van der Waals surface area contributed by atoms with E-state index in [1.165, 1.54) is 0 Å². The second-order valence-electron chi connectivity index (χ2n) is 5.45. The minimum Gasteiger partial charge on any atom is -0.492 e. The highest BCUT2D eigenvalue weighted by Gasteiger charge is 2.17. The van der Waals surface area contributed by atoms with Crippen molar-refractivity contribution in [3.63, 3.8) is 0 Å². The van der Waals surface area contributed by atoms with Crippen LogP contribution < -0.4 is 14.8 Å². The molecule has 0 aliphatic carbocycles. The third-order valence-corrected chi connectivity index (χ3v) is 3.45. The predicted molar refractivity (Wildman–Crippen MR) is 92.2 cm³/mol. The summed E-state index contributed by atoms with van der Waals surface area (Å²) in [6.07, 6.45) is -0.605. The minimum atomic E-state index is -0.605. The Hall–Kier alpha value is -2.49. The van der Waals surface area contributed by atoms with Crippen LogP contribution in [0.1, 0.15) is 25.0 Å². The Morgan fingerprint density at radius 2 is 1.87 bits per heavy atom. The number of hydrogen-bond donors (Lipinski definition) is 1. The average molecular weight is 313 g/mol. The molecule has 2 aromatic carbocycles. The third-order valence-electron chi connectivity index (χ3n) is 3.45. The number of ether oxygens (including phenoxy) is 2. The van der Waals surface area contributed by atoms with Gasteiger partial charge < -0.3 is 14.8 Å². The van der Waals surface area contributed by atoms with Crippen LogP contribution in [0.5, 0.6) is 11.5 Å². The van der Waals surface area contributed by atoms with Gasteiger partial charge in [-0.15, -0.1) is 0 Å². The number of carbonyl (C=O) groups is 1. The van der Waals surface area contributed by atoms with Gasteiger partial charge in [-0.1, -0.05) is 29.8 Å². The van der Waals surface area contributed by atoms with Crippen molar-refractivity contribution in [2.45, 2.75) is 33.8 Å². The summed E-state index contributed by atoms with van der Waals surface area (Å²) in [6, 6.07) is 13.3. The molecule has 2 rings (SSSR count). The lowest BCUT2D eigenvalue weighted by Crippen LogP contribution is -2.30. The van der Waals surface area contributed by atoms with E-state index < -0.39 is 6.10 Å². The Labute approximate surface area is 137 Å². The van der Waals surface area contributed by atoms with Crippen molar-refractivity contribution >= 4 is 11.6 Å². The van der Waals surface area contributed by atoms with E-state index in [0.717, 1.165) is 16.9 Å². The lowest BCUT2D eigenvalue weighted by atomic mass is 10.1. The Balaban J connectivity index is 2.05. The van der Waals surface area contributed by atoms with Gasteiger partial charge >= 0.3 is 0 Å². The summed E-state index contributed by atoms with van der Waals surface area (Å²) >= 11 is 0. The molecule has 0 spiro atoms. The fraction of sp³-hybridized carbons (Fsp3) is 0.316. The first-order chi connectivity index (χ1) is 11.0. The van der Waals surface area contributed by atoms with Crippen LogP contribution in [0.2, 0.25) is 0 Å². The van der Waals surface area contributed by atoms with Gasteiger partial charge in [-0.25, -0.2) is 0 Å². The summed E-state index contributed by atoms with van der Waals surface area (Å²) in [5.41, 5.74) is 2.83. The second-order valence-corrected chi connectivity index (χ2v) is 5.45. The summed E-state index contributed by atoms with van der Waals surface area (Å²) in [5.74, 6) is 1.16.